The molecule has 2 rings (SSSR count). The number of anilines is 1. The minimum absolute atomic E-state index is 0.175. The molecule has 0 aliphatic heterocycles. The maximum absolute atomic E-state index is 12.1. The van der Waals surface area contributed by atoms with Crippen molar-refractivity contribution < 1.29 is 9.53 Å². The van der Waals surface area contributed by atoms with Gasteiger partial charge in [0.1, 0.15) is 12.4 Å². The number of rotatable bonds is 5. The lowest BCUT2D eigenvalue weighted by Gasteiger charge is -2.07. The van der Waals surface area contributed by atoms with Crippen molar-refractivity contribution in [1.82, 2.24) is 9.78 Å². The third-order valence-corrected chi connectivity index (χ3v) is 2.98. The summed E-state index contributed by atoms with van der Waals surface area (Å²) >= 11 is 0. The van der Waals surface area contributed by atoms with Crippen molar-refractivity contribution in [1.29, 1.82) is 0 Å². The SMILES string of the molecule is Cc1c(C(=O)Nc2ccc(OCCN)cc2)cnn1C. The average molecular weight is 274 g/mol. The second-order valence-electron chi connectivity index (χ2n) is 4.38. The summed E-state index contributed by atoms with van der Waals surface area (Å²) in [6.45, 7) is 2.80. The zero-order valence-corrected chi connectivity index (χ0v) is 11.6. The Bertz CT molecular complexity index is 590. The highest BCUT2D eigenvalue weighted by Gasteiger charge is 2.12. The van der Waals surface area contributed by atoms with E-state index in [1.54, 1.807) is 42.2 Å². The highest BCUT2D eigenvalue weighted by molar-refractivity contribution is 6.04. The van der Waals surface area contributed by atoms with Gasteiger partial charge in [-0.2, -0.15) is 5.10 Å². The van der Waals surface area contributed by atoms with E-state index in [9.17, 15) is 4.79 Å². The third kappa shape index (κ3) is 3.16. The van der Waals surface area contributed by atoms with Crippen LogP contribution in [0.4, 0.5) is 5.69 Å². The molecule has 0 aliphatic rings. The summed E-state index contributed by atoms with van der Waals surface area (Å²) in [6.07, 6.45) is 1.56. The molecule has 0 fully saturated rings. The molecule has 1 heterocycles. The fraction of sp³-hybridized carbons (Fsp3) is 0.286. The Kier molecular flexibility index (Phi) is 4.37. The molecule has 0 bridgehead atoms. The predicted molar refractivity (Wildman–Crippen MR) is 76.9 cm³/mol. The molecular formula is C14H18N4O2. The lowest BCUT2D eigenvalue weighted by atomic mass is 10.2. The van der Waals surface area contributed by atoms with Crippen LogP contribution >= 0.6 is 0 Å². The van der Waals surface area contributed by atoms with Crippen molar-refractivity contribution in [3.8, 4) is 5.75 Å². The molecule has 20 heavy (non-hydrogen) atoms. The Balaban J connectivity index is 2.03. The van der Waals surface area contributed by atoms with Crippen LogP contribution in [0.1, 0.15) is 16.1 Å². The van der Waals surface area contributed by atoms with Crippen LogP contribution in [-0.4, -0.2) is 28.8 Å². The molecule has 0 saturated carbocycles. The number of nitrogens with zero attached hydrogens (tertiary/aromatic N) is 2. The van der Waals surface area contributed by atoms with E-state index in [1.165, 1.54) is 0 Å². The van der Waals surface area contributed by atoms with Crippen LogP contribution in [0.5, 0.6) is 5.75 Å². The third-order valence-electron chi connectivity index (χ3n) is 2.98. The van der Waals surface area contributed by atoms with Crippen LogP contribution in [0.25, 0.3) is 0 Å². The lowest BCUT2D eigenvalue weighted by molar-refractivity contribution is 0.102. The number of benzene rings is 1. The number of carbonyl (C=O) groups excluding carboxylic acids is 1. The molecule has 6 nitrogen and oxygen atoms in total. The number of nitrogens with one attached hydrogen (secondary N) is 1. The van der Waals surface area contributed by atoms with E-state index in [-0.39, 0.29) is 5.91 Å². The molecule has 0 unspecified atom stereocenters. The molecule has 0 aliphatic carbocycles. The quantitative estimate of drug-likeness (QED) is 0.861. The largest absolute Gasteiger partial charge is 0.492 e. The summed E-state index contributed by atoms with van der Waals surface area (Å²) in [7, 11) is 1.80. The molecule has 1 aromatic carbocycles. The van der Waals surface area contributed by atoms with Crippen molar-refractivity contribution >= 4 is 11.6 Å². The molecule has 0 atom stereocenters. The maximum Gasteiger partial charge on any atom is 0.259 e. The van der Waals surface area contributed by atoms with Gasteiger partial charge in [0.15, 0.2) is 0 Å². The van der Waals surface area contributed by atoms with Crippen LogP contribution in [0.15, 0.2) is 30.5 Å². The number of aryl methyl sites for hydroxylation is 1. The molecular weight excluding hydrogens is 256 g/mol. The molecule has 1 amide bonds. The van der Waals surface area contributed by atoms with Crippen molar-refractivity contribution in [3.05, 3.63) is 41.7 Å². The summed E-state index contributed by atoms with van der Waals surface area (Å²) in [5.41, 5.74) is 7.46. The Morgan fingerprint density at radius 2 is 2.10 bits per heavy atom. The molecule has 0 saturated heterocycles. The van der Waals surface area contributed by atoms with Crippen LogP contribution in [0.3, 0.4) is 0 Å². The molecule has 1 aromatic heterocycles. The first-order chi connectivity index (χ1) is 9.61. The number of hydrogen-bond acceptors (Lipinski definition) is 4. The first-order valence-corrected chi connectivity index (χ1v) is 6.34. The molecule has 0 radical (unpaired) electrons. The van der Waals surface area contributed by atoms with Gasteiger partial charge in [0, 0.05) is 25.0 Å². The molecule has 0 spiro atoms. The lowest BCUT2D eigenvalue weighted by Crippen LogP contribution is -2.13. The Morgan fingerprint density at radius 1 is 1.40 bits per heavy atom. The number of ether oxygens (including phenoxy) is 1. The second kappa shape index (κ2) is 6.21. The second-order valence-corrected chi connectivity index (χ2v) is 4.38. The first-order valence-electron chi connectivity index (χ1n) is 6.34. The highest BCUT2D eigenvalue weighted by Crippen LogP contribution is 2.17. The van der Waals surface area contributed by atoms with E-state index in [4.69, 9.17) is 10.5 Å². The van der Waals surface area contributed by atoms with E-state index in [0.29, 0.717) is 24.4 Å². The minimum atomic E-state index is -0.175. The zero-order chi connectivity index (χ0) is 14.5. The topological polar surface area (TPSA) is 82.2 Å². The van der Waals surface area contributed by atoms with Gasteiger partial charge in [-0.25, -0.2) is 0 Å². The fourth-order valence-electron chi connectivity index (χ4n) is 1.73. The first kappa shape index (κ1) is 14.1. The molecule has 2 aromatic rings. The van der Waals surface area contributed by atoms with Gasteiger partial charge in [-0.1, -0.05) is 0 Å². The van der Waals surface area contributed by atoms with Gasteiger partial charge in [-0.15, -0.1) is 0 Å². The predicted octanol–water partition coefficient (Wildman–Crippen LogP) is 1.32. The fourth-order valence-corrected chi connectivity index (χ4v) is 1.73. The van der Waals surface area contributed by atoms with Gasteiger partial charge >= 0.3 is 0 Å². The van der Waals surface area contributed by atoms with Crippen LogP contribution in [0.2, 0.25) is 0 Å². The number of nitrogens with two attached hydrogens (primary N) is 1. The average Bonchev–Trinajstić information content (AvgIpc) is 2.78. The van der Waals surface area contributed by atoms with Gasteiger partial charge in [0.25, 0.3) is 5.91 Å². The van der Waals surface area contributed by atoms with Crippen LogP contribution in [0, 0.1) is 6.92 Å². The smallest absolute Gasteiger partial charge is 0.259 e. The van der Waals surface area contributed by atoms with Crippen molar-refractivity contribution in [2.24, 2.45) is 12.8 Å². The molecule has 106 valence electrons. The van der Waals surface area contributed by atoms with E-state index in [1.807, 2.05) is 6.92 Å². The van der Waals surface area contributed by atoms with Crippen molar-refractivity contribution in [3.63, 3.8) is 0 Å². The van der Waals surface area contributed by atoms with E-state index < -0.39 is 0 Å². The summed E-state index contributed by atoms with van der Waals surface area (Å²) in [5.74, 6) is 0.553. The minimum Gasteiger partial charge on any atom is -0.492 e. The maximum atomic E-state index is 12.1. The van der Waals surface area contributed by atoms with Gasteiger partial charge in [0.2, 0.25) is 0 Å². The van der Waals surface area contributed by atoms with E-state index in [0.717, 1.165) is 11.4 Å². The number of carbonyl (C=O) groups is 1. The van der Waals surface area contributed by atoms with E-state index >= 15 is 0 Å². The van der Waals surface area contributed by atoms with Gasteiger partial charge < -0.3 is 15.8 Å². The zero-order valence-electron chi connectivity index (χ0n) is 11.6. The summed E-state index contributed by atoms with van der Waals surface area (Å²) < 4.78 is 7.04. The van der Waals surface area contributed by atoms with Gasteiger partial charge in [-0.3, -0.25) is 9.48 Å². The number of hydrogen-bond donors (Lipinski definition) is 2. The Labute approximate surface area is 117 Å². The molecule has 6 heteroatoms. The molecule has 3 N–H and O–H groups in total. The number of amides is 1. The van der Waals surface area contributed by atoms with E-state index in [2.05, 4.69) is 10.4 Å². The summed E-state index contributed by atoms with van der Waals surface area (Å²) in [6, 6.07) is 7.16. The Morgan fingerprint density at radius 3 is 2.65 bits per heavy atom. The standard InChI is InChI=1S/C14H18N4O2/c1-10-13(9-16-18(10)2)14(19)17-11-3-5-12(6-4-11)20-8-7-15/h3-6,9H,7-8,15H2,1-2H3,(H,17,19). The van der Waals surface area contributed by atoms with Gasteiger partial charge in [-0.05, 0) is 31.2 Å². The van der Waals surface area contributed by atoms with Crippen LogP contribution < -0.4 is 15.8 Å². The van der Waals surface area contributed by atoms with Gasteiger partial charge in [0.05, 0.1) is 11.8 Å². The number of aromatic nitrogens is 2. The van der Waals surface area contributed by atoms with Crippen LogP contribution in [-0.2, 0) is 7.05 Å². The van der Waals surface area contributed by atoms with Crippen molar-refractivity contribution in [2.75, 3.05) is 18.5 Å². The Hall–Kier alpha value is -2.34. The monoisotopic (exact) mass is 274 g/mol. The highest BCUT2D eigenvalue weighted by atomic mass is 16.5. The van der Waals surface area contributed by atoms with Crippen molar-refractivity contribution in [2.45, 2.75) is 6.92 Å². The summed E-state index contributed by atoms with van der Waals surface area (Å²) in [5, 5.41) is 6.87. The normalized spacial score (nSPS) is 10.3. The summed E-state index contributed by atoms with van der Waals surface area (Å²) in [4.78, 5) is 12.1.